The molecule has 0 amide bonds. The van der Waals surface area contributed by atoms with Gasteiger partial charge in [-0.2, -0.15) is 18.3 Å². The summed E-state index contributed by atoms with van der Waals surface area (Å²) in [6.45, 7) is 1.88. The van der Waals surface area contributed by atoms with Gasteiger partial charge in [-0.1, -0.05) is 0 Å². The van der Waals surface area contributed by atoms with Crippen LogP contribution in [0.2, 0.25) is 0 Å². The summed E-state index contributed by atoms with van der Waals surface area (Å²) in [6, 6.07) is 9.95. The number of thiophene rings is 1. The van der Waals surface area contributed by atoms with Crippen LogP contribution >= 0.6 is 11.3 Å². The van der Waals surface area contributed by atoms with E-state index < -0.39 is 17.6 Å². The molecule has 0 unspecified atom stereocenters. The molecule has 4 rings (SSSR count). The molecule has 1 aromatic carbocycles. The van der Waals surface area contributed by atoms with E-state index in [1.165, 1.54) is 40.3 Å². The number of aromatic nitrogens is 3. The summed E-state index contributed by atoms with van der Waals surface area (Å²) in [5.74, 6) is -0.441. The first-order valence-electron chi connectivity index (χ1n) is 7.61. The summed E-state index contributed by atoms with van der Waals surface area (Å²) in [5.41, 5.74) is -0.0577. The van der Waals surface area contributed by atoms with Crippen molar-refractivity contribution in [2.45, 2.75) is 13.1 Å². The standard InChI is InChI=1S/C18H11F4N3S/c1-10-2-7-16(26-10)15-8-14(18(20,21)22)13-9-23-25(17(13)24-15)12-5-3-11(19)4-6-12/h2-9H,1H3. The Kier molecular flexibility index (Phi) is 3.80. The topological polar surface area (TPSA) is 30.7 Å². The normalized spacial score (nSPS) is 12.0. The lowest BCUT2D eigenvalue weighted by Gasteiger charge is -2.10. The van der Waals surface area contributed by atoms with E-state index in [2.05, 4.69) is 10.1 Å². The molecule has 4 aromatic rings. The van der Waals surface area contributed by atoms with Gasteiger partial charge < -0.3 is 0 Å². The third-order valence-corrected chi connectivity index (χ3v) is 4.93. The Labute approximate surface area is 149 Å². The Hall–Kier alpha value is -2.74. The van der Waals surface area contributed by atoms with Gasteiger partial charge in [-0.3, -0.25) is 0 Å². The third-order valence-electron chi connectivity index (χ3n) is 3.91. The van der Waals surface area contributed by atoms with Gasteiger partial charge in [-0.25, -0.2) is 14.1 Å². The van der Waals surface area contributed by atoms with E-state index in [1.807, 2.05) is 13.0 Å². The van der Waals surface area contributed by atoms with Crippen molar-refractivity contribution in [1.82, 2.24) is 14.8 Å². The van der Waals surface area contributed by atoms with Crippen LogP contribution in [0.1, 0.15) is 10.4 Å². The van der Waals surface area contributed by atoms with Gasteiger partial charge in [0.15, 0.2) is 5.65 Å². The lowest BCUT2D eigenvalue weighted by Crippen LogP contribution is -2.07. The number of fused-ring (bicyclic) bond motifs is 1. The zero-order valence-corrected chi connectivity index (χ0v) is 14.2. The van der Waals surface area contributed by atoms with E-state index in [1.54, 1.807) is 6.07 Å². The number of nitrogens with zero attached hydrogens (tertiary/aromatic N) is 3. The van der Waals surface area contributed by atoms with Gasteiger partial charge in [0, 0.05) is 4.88 Å². The SMILES string of the molecule is Cc1ccc(-c2cc(C(F)(F)F)c3cnn(-c4ccc(F)cc4)c3n2)s1. The van der Waals surface area contributed by atoms with Gasteiger partial charge in [0.25, 0.3) is 0 Å². The Bertz CT molecular complexity index is 1090. The van der Waals surface area contributed by atoms with Gasteiger partial charge in [-0.15, -0.1) is 11.3 Å². The fourth-order valence-electron chi connectivity index (χ4n) is 2.70. The Morgan fingerprint density at radius 3 is 2.38 bits per heavy atom. The lowest BCUT2D eigenvalue weighted by atomic mass is 10.1. The molecule has 3 aromatic heterocycles. The van der Waals surface area contributed by atoms with E-state index in [4.69, 9.17) is 0 Å². The highest BCUT2D eigenvalue weighted by molar-refractivity contribution is 7.15. The monoisotopic (exact) mass is 377 g/mol. The van der Waals surface area contributed by atoms with Gasteiger partial charge in [0.2, 0.25) is 0 Å². The van der Waals surface area contributed by atoms with E-state index >= 15 is 0 Å². The molecule has 3 heterocycles. The fourth-order valence-corrected chi connectivity index (χ4v) is 3.53. The number of hydrogen-bond acceptors (Lipinski definition) is 3. The summed E-state index contributed by atoms with van der Waals surface area (Å²) in [7, 11) is 0. The average molecular weight is 377 g/mol. The second-order valence-corrected chi connectivity index (χ2v) is 7.02. The van der Waals surface area contributed by atoms with Gasteiger partial charge in [-0.05, 0) is 49.4 Å². The highest BCUT2D eigenvalue weighted by Crippen LogP contribution is 2.38. The van der Waals surface area contributed by atoms with Crippen molar-refractivity contribution in [2.24, 2.45) is 0 Å². The average Bonchev–Trinajstić information content (AvgIpc) is 3.20. The van der Waals surface area contributed by atoms with Crippen LogP contribution in [0.15, 0.2) is 48.7 Å². The largest absolute Gasteiger partial charge is 0.417 e. The zero-order chi connectivity index (χ0) is 18.5. The summed E-state index contributed by atoms with van der Waals surface area (Å²) >= 11 is 1.37. The number of aryl methyl sites for hydroxylation is 1. The highest BCUT2D eigenvalue weighted by atomic mass is 32.1. The number of rotatable bonds is 2. The number of halogens is 4. The number of pyridine rings is 1. The Morgan fingerprint density at radius 1 is 1.04 bits per heavy atom. The molecule has 0 fully saturated rings. The molecule has 0 saturated heterocycles. The van der Waals surface area contributed by atoms with Crippen molar-refractivity contribution in [3.8, 4) is 16.3 Å². The molecule has 0 aliphatic rings. The minimum Gasteiger partial charge on any atom is -0.227 e. The maximum absolute atomic E-state index is 13.6. The second-order valence-electron chi connectivity index (χ2n) is 5.73. The van der Waals surface area contributed by atoms with Gasteiger partial charge in [0.05, 0.1) is 33.4 Å². The number of alkyl halides is 3. The minimum atomic E-state index is -4.54. The maximum Gasteiger partial charge on any atom is 0.417 e. The predicted octanol–water partition coefficient (Wildman–Crippen LogP) is 5.62. The van der Waals surface area contributed by atoms with Crippen molar-refractivity contribution in [3.05, 3.63) is 64.9 Å². The van der Waals surface area contributed by atoms with Gasteiger partial charge in [0.1, 0.15) is 5.82 Å². The fraction of sp³-hybridized carbons (Fsp3) is 0.111. The van der Waals surface area contributed by atoms with Crippen LogP contribution in [0, 0.1) is 12.7 Å². The van der Waals surface area contributed by atoms with Crippen LogP contribution in [0.5, 0.6) is 0 Å². The van der Waals surface area contributed by atoms with E-state index in [-0.39, 0.29) is 16.7 Å². The molecule has 3 nitrogen and oxygen atoms in total. The molecule has 0 bridgehead atoms. The van der Waals surface area contributed by atoms with Crippen molar-refractivity contribution in [2.75, 3.05) is 0 Å². The molecule has 0 atom stereocenters. The zero-order valence-electron chi connectivity index (χ0n) is 13.4. The minimum absolute atomic E-state index is 0.0764. The van der Waals surface area contributed by atoms with E-state index in [0.29, 0.717) is 10.6 Å². The predicted molar refractivity (Wildman–Crippen MR) is 91.9 cm³/mol. The first-order valence-corrected chi connectivity index (χ1v) is 8.43. The maximum atomic E-state index is 13.6. The molecule has 0 aliphatic heterocycles. The number of benzene rings is 1. The van der Waals surface area contributed by atoms with Crippen molar-refractivity contribution in [1.29, 1.82) is 0 Å². The lowest BCUT2D eigenvalue weighted by molar-refractivity contribution is -0.136. The highest BCUT2D eigenvalue weighted by Gasteiger charge is 2.35. The molecule has 8 heteroatoms. The van der Waals surface area contributed by atoms with Crippen LogP contribution in [-0.4, -0.2) is 14.8 Å². The summed E-state index contributed by atoms with van der Waals surface area (Å²) in [4.78, 5) is 6.02. The van der Waals surface area contributed by atoms with Crippen LogP contribution < -0.4 is 0 Å². The van der Waals surface area contributed by atoms with Gasteiger partial charge >= 0.3 is 6.18 Å². The van der Waals surface area contributed by atoms with Crippen molar-refractivity contribution in [3.63, 3.8) is 0 Å². The molecule has 132 valence electrons. The molecule has 0 N–H and O–H groups in total. The Balaban J connectivity index is 2.00. The second kappa shape index (κ2) is 5.91. The summed E-state index contributed by atoms with van der Waals surface area (Å²) in [6.07, 6.45) is -3.41. The van der Waals surface area contributed by atoms with Crippen molar-refractivity contribution < 1.29 is 17.6 Å². The Morgan fingerprint density at radius 2 is 1.77 bits per heavy atom. The summed E-state index contributed by atoms with van der Waals surface area (Å²) < 4.78 is 55.2. The van der Waals surface area contributed by atoms with Crippen molar-refractivity contribution >= 4 is 22.4 Å². The van der Waals surface area contributed by atoms with Crippen LogP contribution in [-0.2, 0) is 6.18 Å². The van der Waals surface area contributed by atoms with Crippen LogP contribution in [0.3, 0.4) is 0 Å². The first kappa shape index (κ1) is 16.7. The van der Waals surface area contributed by atoms with E-state index in [9.17, 15) is 17.6 Å². The molecule has 0 radical (unpaired) electrons. The van der Waals surface area contributed by atoms with Crippen LogP contribution in [0.4, 0.5) is 17.6 Å². The van der Waals surface area contributed by atoms with E-state index in [0.717, 1.165) is 17.1 Å². The third kappa shape index (κ3) is 2.86. The quantitative estimate of drug-likeness (QED) is 0.425. The molecular weight excluding hydrogens is 366 g/mol. The molecular formula is C18H11F4N3S. The first-order chi connectivity index (χ1) is 12.3. The molecule has 0 saturated carbocycles. The van der Waals surface area contributed by atoms with Crippen LogP contribution in [0.25, 0.3) is 27.3 Å². The molecule has 0 aliphatic carbocycles. The summed E-state index contributed by atoms with van der Waals surface area (Å²) in [5, 5.41) is 3.95. The number of hydrogen-bond donors (Lipinski definition) is 0. The smallest absolute Gasteiger partial charge is 0.227 e. The molecule has 26 heavy (non-hydrogen) atoms. The molecule has 0 spiro atoms.